The van der Waals surface area contributed by atoms with Crippen LogP contribution in [0.15, 0.2) is 0 Å². The molecule has 0 atom stereocenters. The van der Waals surface area contributed by atoms with Crippen LogP contribution in [0.25, 0.3) is 0 Å². The number of hydrogen-bond acceptors (Lipinski definition) is 3. The predicted octanol–water partition coefficient (Wildman–Crippen LogP) is 1.32. The van der Waals surface area contributed by atoms with Gasteiger partial charge in [0, 0.05) is 19.6 Å². The summed E-state index contributed by atoms with van der Waals surface area (Å²) in [7, 11) is 0. The maximum absolute atomic E-state index is 12.0. The van der Waals surface area contributed by atoms with Gasteiger partial charge in [0.25, 0.3) is 5.91 Å². The second-order valence-electron chi connectivity index (χ2n) is 4.39. The molecular weight excluding hydrogens is 222 g/mol. The van der Waals surface area contributed by atoms with Crippen molar-refractivity contribution in [1.29, 1.82) is 0 Å². The molecule has 5 nitrogen and oxygen atoms in total. The van der Waals surface area contributed by atoms with E-state index >= 15 is 0 Å². The number of carboxylic acid groups (broad SMARTS) is 1. The number of aliphatic carboxylic acids is 1. The van der Waals surface area contributed by atoms with Crippen molar-refractivity contribution in [2.24, 2.45) is 0 Å². The van der Waals surface area contributed by atoms with Crippen LogP contribution in [0.2, 0.25) is 0 Å². The summed E-state index contributed by atoms with van der Waals surface area (Å²) in [5.41, 5.74) is -0.655. The molecule has 0 saturated heterocycles. The molecule has 1 aliphatic carbocycles. The molecule has 0 radical (unpaired) electrons. The second-order valence-corrected chi connectivity index (χ2v) is 4.39. The van der Waals surface area contributed by atoms with Crippen LogP contribution < -0.4 is 5.32 Å². The molecule has 0 aromatic carbocycles. The highest BCUT2D eigenvalue weighted by molar-refractivity contribution is 5.85. The molecule has 1 saturated carbocycles. The normalized spacial score (nSPS) is 17.9. The lowest BCUT2D eigenvalue weighted by atomic mass is 10.0. The van der Waals surface area contributed by atoms with E-state index in [1.165, 1.54) is 0 Å². The number of nitrogens with one attached hydrogen (secondary N) is 1. The minimum Gasteiger partial charge on any atom is -0.481 e. The van der Waals surface area contributed by atoms with Crippen molar-refractivity contribution in [1.82, 2.24) is 5.32 Å². The van der Waals surface area contributed by atoms with Gasteiger partial charge in [-0.25, -0.2) is 0 Å². The highest BCUT2D eigenvalue weighted by Crippen LogP contribution is 2.33. The number of carbonyl (C=O) groups is 2. The van der Waals surface area contributed by atoms with E-state index < -0.39 is 11.6 Å². The summed E-state index contributed by atoms with van der Waals surface area (Å²) in [4.78, 5) is 22.3. The van der Waals surface area contributed by atoms with E-state index in [1.54, 1.807) is 0 Å². The Morgan fingerprint density at radius 2 is 2.00 bits per heavy atom. The average molecular weight is 243 g/mol. The quantitative estimate of drug-likeness (QED) is 0.661. The van der Waals surface area contributed by atoms with E-state index in [0.717, 1.165) is 25.7 Å². The Kier molecular flexibility index (Phi) is 5.41. The third-order valence-corrected chi connectivity index (χ3v) is 3.10. The van der Waals surface area contributed by atoms with Crippen LogP contribution in [-0.4, -0.2) is 35.7 Å². The predicted molar refractivity (Wildman–Crippen MR) is 62.7 cm³/mol. The highest BCUT2D eigenvalue weighted by Gasteiger charge is 2.41. The number of rotatable bonds is 7. The van der Waals surface area contributed by atoms with Crippen LogP contribution in [0.5, 0.6) is 0 Å². The molecule has 0 unspecified atom stereocenters. The molecule has 0 aromatic rings. The van der Waals surface area contributed by atoms with Crippen molar-refractivity contribution in [2.75, 3.05) is 13.2 Å². The SMILES string of the molecule is CCOC1(C(=O)NCCCC(=O)O)CCCC1. The maximum atomic E-state index is 12.0. The Balaban J connectivity index is 2.35. The van der Waals surface area contributed by atoms with E-state index in [4.69, 9.17) is 9.84 Å². The number of amides is 1. The molecule has 0 bridgehead atoms. The van der Waals surface area contributed by atoms with Crippen molar-refractivity contribution >= 4 is 11.9 Å². The van der Waals surface area contributed by atoms with Gasteiger partial charge in [-0.15, -0.1) is 0 Å². The first kappa shape index (κ1) is 14.0. The van der Waals surface area contributed by atoms with Crippen molar-refractivity contribution in [2.45, 2.75) is 51.0 Å². The molecular formula is C12H21NO4. The number of ether oxygens (including phenoxy) is 1. The Morgan fingerprint density at radius 3 is 2.53 bits per heavy atom. The first-order valence-electron chi connectivity index (χ1n) is 6.25. The Morgan fingerprint density at radius 1 is 1.35 bits per heavy atom. The second kappa shape index (κ2) is 6.59. The molecule has 1 amide bonds. The van der Waals surface area contributed by atoms with Gasteiger partial charge in [0.2, 0.25) is 0 Å². The molecule has 17 heavy (non-hydrogen) atoms. The third kappa shape index (κ3) is 4.00. The molecule has 1 aliphatic rings. The lowest BCUT2D eigenvalue weighted by molar-refractivity contribution is -0.146. The van der Waals surface area contributed by atoms with Crippen molar-refractivity contribution in [3.05, 3.63) is 0 Å². The van der Waals surface area contributed by atoms with Gasteiger partial charge in [0.1, 0.15) is 5.60 Å². The fourth-order valence-electron chi connectivity index (χ4n) is 2.26. The van der Waals surface area contributed by atoms with Gasteiger partial charge in [0.05, 0.1) is 0 Å². The molecule has 5 heteroatoms. The lowest BCUT2D eigenvalue weighted by Crippen LogP contribution is -2.47. The lowest BCUT2D eigenvalue weighted by Gasteiger charge is -2.27. The monoisotopic (exact) mass is 243 g/mol. The molecule has 2 N–H and O–H groups in total. The van der Waals surface area contributed by atoms with Gasteiger partial charge in [-0.05, 0) is 39.0 Å². The topological polar surface area (TPSA) is 75.6 Å². The van der Waals surface area contributed by atoms with Gasteiger partial charge >= 0.3 is 5.97 Å². The minimum atomic E-state index is -0.834. The zero-order valence-corrected chi connectivity index (χ0v) is 10.3. The van der Waals surface area contributed by atoms with Crippen LogP contribution in [0.3, 0.4) is 0 Å². The van der Waals surface area contributed by atoms with Gasteiger partial charge in [-0.1, -0.05) is 0 Å². The number of hydrogen-bond donors (Lipinski definition) is 2. The van der Waals surface area contributed by atoms with Crippen molar-refractivity contribution in [3.63, 3.8) is 0 Å². The standard InChI is InChI=1S/C12H21NO4/c1-2-17-12(7-3-4-8-12)11(16)13-9-5-6-10(14)15/h2-9H2,1H3,(H,13,16)(H,14,15). The largest absolute Gasteiger partial charge is 0.481 e. The summed E-state index contributed by atoms with van der Waals surface area (Å²) in [5, 5.41) is 11.3. The van der Waals surface area contributed by atoms with Gasteiger partial charge in [0.15, 0.2) is 0 Å². The van der Waals surface area contributed by atoms with Crippen LogP contribution in [-0.2, 0) is 14.3 Å². The Bertz CT molecular complexity index is 272. The smallest absolute Gasteiger partial charge is 0.303 e. The van der Waals surface area contributed by atoms with Crippen molar-refractivity contribution in [3.8, 4) is 0 Å². The first-order chi connectivity index (χ1) is 8.10. The van der Waals surface area contributed by atoms with Crippen LogP contribution in [0.4, 0.5) is 0 Å². The number of carbonyl (C=O) groups excluding carboxylic acids is 1. The molecule has 0 aromatic heterocycles. The van der Waals surface area contributed by atoms with Gasteiger partial charge < -0.3 is 15.2 Å². The molecule has 98 valence electrons. The zero-order valence-electron chi connectivity index (χ0n) is 10.3. The summed E-state index contributed by atoms with van der Waals surface area (Å²) in [5.74, 6) is -0.915. The zero-order chi connectivity index (χ0) is 12.7. The first-order valence-corrected chi connectivity index (χ1v) is 6.25. The summed E-state index contributed by atoms with van der Waals surface area (Å²) in [6.07, 6.45) is 4.12. The average Bonchev–Trinajstić information content (AvgIpc) is 2.74. The minimum absolute atomic E-state index is 0.0813. The summed E-state index contributed by atoms with van der Waals surface area (Å²) >= 11 is 0. The fourth-order valence-corrected chi connectivity index (χ4v) is 2.26. The summed E-state index contributed by atoms with van der Waals surface area (Å²) < 4.78 is 5.60. The molecule has 0 heterocycles. The third-order valence-electron chi connectivity index (χ3n) is 3.10. The molecule has 0 aliphatic heterocycles. The van der Waals surface area contributed by atoms with E-state index in [-0.39, 0.29) is 12.3 Å². The molecule has 1 fully saturated rings. The molecule has 0 spiro atoms. The van der Waals surface area contributed by atoms with Crippen molar-refractivity contribution < 1.29 is 19.4 Å². The van der Waals surface area contributed by atoms with E-state index in [9.17, 15) is 9.59 Å². The van der Waals surface area contributed by atoms with Gasteiger partial charge in [-0.3, -0.25) is 9.59 Å². The number of carboxylic acids is 1. The van der Waals surface area contributed by atoms with Crippen LogP contribution in [0, 0.1) is 0 Å². The van der Waals surface area contributed by atoms with Gasteiger partial charge in [-0.2, -0.15) is 0 Å². The summed E-state index contributed by atoms with van der Waals surface area (Å²) in [6, 6.07) is 0. The summed E-state index contributed by atoms with van der Waals surface area (Å²) in [6.45, 7) is 2.82. The molecule has 1 rings (SSSR count). The van der Waals surface area contributed by atoms with E-state index in [1.807, 2.05) is 6.92 Å². The highest BCUT2D eigenvalue weighted by atomic mass is 16.5. The Hall–Kier alpha value is -1.10. The Labute approximate surface area is 102 Å². The maximum Gasteiger partial charge on any atom is 0.303 e. The van der Waals surface area contributed by atoms with Crippen LogP contribution in [0.1, 0.15) is 45.4 Å². The van der Waals surface area contributed by atoms with Crippen LogP contribution >= 0.6 is 0 Å². The van der Waals surface area contributed by atoms with E-state index in [0.29, 0.717) is 19.6 Å². The van der Waals surface area contributed by atoms with E-state index in [2.05, 4.69) is 5.32 Å². The fraction of sp³-hybridized carbons (Fsp3) is 0.833.